The number of rotatable bonds is 6. The Morgan fingerprint density at radius 3 is 1.94 bits per heavy atom. The number of imidazole rings is 1. The quantitative estimate of drug-likeness (QED) is 0.325. The van der Waals surface area contributed by atoms with Crippen LogP contribution in [0, 0.1) is 5.92 Å². The van der Waals surface area contributed by atoms with E-state index in [1.165, 1.54) is 0 Å². The molecule has 2 fully saturated rings. The van der Waals surface area contributed by atoms with Crippen molar-refractivity contribution in [2.45, 2.75) is 93.5 Å². The minimum atomic E-state index is -0.0593. The van der Waals surface area contributed by atoms with Crippen molar-refractivity contribution in [2.75, 3.05) is 52.9 Å². The molecule has 0 radical (unpaired) electrons. The Morgan fingerprint density at radius 1 is 0.894 bits per heavy atom. The fourth-order valence-corrected chi connectivity index (χ4v) is 5.61. The number of nitrogens with zero attached hydrogens (tertiary/aromatic N) is 4. The maximum Gasteiger partial charge on any atom is 0.329 e. The van der Waals surface area contributed by atoms with Gasteiger partial charge in [-0.05, 0) is 89.5 Å². The number of H-pyrrole nitrogens is 1. The second-order valence-corrected chi connectivity index (χ2v) is 10.7. The van der Waals surface area contributed by atoms with Crippen LogP contribution < -0.4 is 16.6 Å². The molecule has 0 bridgehead atoms. The van der Waals surface area contributed by atoms with Crippen LogP contribution >= 0.6 is 0 Å². The lowest BCUT2D eigenvalue weighted by molar-refractivity contribution is -0.138. The number of piperidine rings is 2. The first-order valence-electron chi connectivity index (χ1n) is 17.9. The number of para-hydroxylation sites is 2. The molecule has 3 N–H and O–H groups in total. The van der Waals surface area contributed by atoms with Crippen LogP contribution in [0.25, 0.3) is 11.0 Å². The number of aliphatic hydroxyl groups is 1. The second kappa shape index (κ2) is 25.8. The predicted molar refractivity (Wildman–Crippen MR) is 198 cm³/mol. The average Bonchev–Trinajstić information content (AvgIpc) is 3.39. The van der Waals surface area contributed by atoms with E-state index in [1.54, 1.807) is 23.8 Å². The van der Waals surface area contributed by atoms with E-state index in [4.69, 9.17) is 5.11 Å². The van der Waals surface area contributed by atoms with Crippen LogP contribution in [0.2, 0.25) is 0 Å². The van der Waals surface area contributed by atoms with Crippen molar-refractivity contribution >= 4 is 16.9 Å². The smallest absolute Gasteiger partial charge is 0.329 e. The van der Waals surface area contributed by atoms with E-state index in [2.05, 4.69) is 22.1 Å². The van der Waals surface area contributed by atoms with E-state index in [1.807, 2.05) is 95.4 Å². The van der Waals surface area contributed by atoms with Gasteiger partial charge in [0.15, 0.2) is 0 Å². The van der Waals surface area contributed by atoms with Gasteiger partial charge in [-0.3, -0.25) is 18.7 Å². The second-order valence-electron chi connectivity index (χ2n) is 10.7. The van der Waals surface area contributed by atoms with Crippen LogP contribution in [0.15, 0.2) is 52.2 Å². The van der Waals surface area contributed by atoms with E-state index < -0.39 is 0 Å². The molecule has 5 rings (SSSR count). The summed E-state index contributed by atoms with van der Waals surface area (Å²) in [6, 6.07) is 11.7. The van der Waals surface area contributed by atoms with Gasteiger partial charge in [-0.15, -0.1) is 0 Å². The lowest BCUT2D eigenvalue weighted by Crippen LogP contribution is -2.46. The summed E-state index contributed by atoms with van der Waals surface area (Å²) >= 11 is 0. The number of amides is 1. The maximum atomic E-state index is 13.2. The summed E-state index contributed by atoms with van der Waals surface area (Å²) < 4.78 is 3.65. The minimum Gasteiger partial charge on any atom is -0.397 e. The summed E-state index contributed by atoms with van der Waals surface area (Å²) in [5, 5.41) is 10.5. The van der Waals surface area contributed by atoms with Crippen molar-refractivity contribution in [3.8, 4) is 0 Å². The predicted octanol–water partition coefficient (Wildman–Crippen LogP) is 5.45. The number of fused-ring (bicyclic) bond motifs is 1. The number of aryl methyl sites for hydroxylation is 1. The molecular weight excluding hydrogens is 592 g/mol. The van der Waals surface area contributed by atoms with E-state index in [9.17, 15) is 14.4 Å². The summed E-state index contributed by atoms with van der Waals surface area (Å²) in [5.74, 6) is 0.366. The van der Waals surface area contributed by atoms with Crippen LogP contribution in [0.1, 0.15) is 92.7 Å². The Bertz CT molecular complexity index is 1330. The van der Waals surface area contributed by atoms with E-state index in [0.717, 1.165) is 74.9 Å². The van der Waals surface area contributed by atoms with Crippen molar-refractivity contribution in [1.29, 1.82) is 0 Å². The zero-order valence-electron chi connectivity index (χ0n) is 31.1. The van der Waals surface area contributed by atoms with Crippen molar-refractivity contribution in [1.82, 2.24) is 29.2 Å². The number of carbonyl (C=O) groups excluding carboxylic acids is 1. The summed E-state index contributed by atoms with van der Waals surface area (Å²) in [4.78, 5) is 44.6. The van der Waals surface area contributed by atoms with Gasteiger partial charge >= 0.3 is 5.69 Å². The molecular formula is C37H66N6O4. The molecule has 2 aliphatic rings. The average molecular weight is 659 g/mol. The number of nitrogens with one attached hydrogen (secondary N) is 2. The zero-order chi connectivity index (χ0) is 35.8. The van der Waals surface area contributed by atoms with E-state index in [0.29, 0.717) is 13.1 Å². The number of hydrogen-bond donors (Lipinski definition) is 3. The molecule has 10 nitrogen and oxygen atoms in total. The Kier molecular flexibility index (Phi) is 24.1. The minimum absolute atomic E-state index is 0.0264. The molecule has 4 heterocycles. The van der Waals surface area contributed by atoms with Crippen molar-refractivity contribution in [3.63, 3.8) is 0 Å². The summed E-state index contributed by atoms with van der Waals surface area (Å²) in [5.41, 5.74) is 2.95. The highest BCUT2D eigenvalue weighted by Gasteiger charge is 2.32. The number of aliphatic hydroxyl groups excluding tert-OH is 1. The number of pyridine rings is 1. The number of benzene rings is 1. The third kappa shape index (κ3) is 13.8. The molecule has 0 aliphatic carbocycles. The van der Waals surface area contributed by atoms with Gasteiger partial charge in [0.05, 0.1) is 11.0 Å². The molecule has 268 valence electrons. The SMILES string of the molecule is CC.CC.CC.CCNC.CCO.Cn1c(=O)n(C2CCN(C(=O)C3CCN(CCc4cc[nH]c(=O)c4)CC3)CC2)c2ccccc21. The molecule has 0 unspecified atom stereocenters. The van der Waals surface area contributed by atoms with Gasteiger partial charge in [-0.2, -0.15) is 0 Å². The van der Waals surface area contributed by atoms with E-state index in [-0.39, 0.29) is 35.7 Å². The first-order valence-corrected chi connectivity index (χ1v) is 17.9. The normalized spacial score (nSPS) is 14.8. The standard InChI is InChI=1S/C26H33N5O3.C3H9N.C2H6O.3C2H6/c1-28-22-4-2-3-5-23(22)31(26(28)34)21-10-16-30(17-11-21)25(33)20-8-14-29(15-9-20)13-7-19-6-12-27-24(32)18-19;1-3-4-2;1-2-3;3*1-2/h2-6,12,18,20-21H,7-11,13-17H2,1H3,(H,27,32);4H,3H2,1-2H3;3H,2H2,1H3;3*1-2H3. The Morgan fingerprint density at radius 2 is 1.43 bits per heavy atom. The number of aromatic nitrogens is 3. The monoisotopic (exact) mass is 659 g/mol. The molecule has 0 saturated carbocycles. The fraction of sp³-hybridized carbons (Fsp3) is 0.649. The number of aromatic amines is 1. The molecule has 10 heteroatoms. The highest BCUT2D eigenvalue weighted by molar-refractivity contribution is 5.79. The third-order valence-corrected chi connectivity index (χ3v) is 7.98. The largest absolute Gasteiger partial charge is 0.397 e. The van der Waals surface area contributed by atoms with Crippen LogP contribution in [-0.4, -0.2) is 87.9 Å². The third-order valence-electron chi connectivity index (χ3n) is 7.98. The molecule has 1 amide bonds. The van der Waals surface area contributed by atoms with Crippen LogP contribution in [-0.2, 0) is 18.3 Å². The first kappa shape index (κ1) is 43.8. The number of carbonyl (C=O) groups is 1. The Hall–Kier alpha value is -3.21. The molecule has 1 aromatic carbocycles. The number of hydrogen-bond acceptors (Lipinski definition) is 6. The highest BCUT2D eigenvalue weighted by atomic mass is 16.2. The molecule has 47 heavy (non-hydrogen) atoms. The fourth-order valence-electron chi connectivity index (χ4n) is 5.61. The van der Waals surface area contributed by atoms with Crippen molar-refractivity contribution < 1.29 is 9.90 Å². The highest BCUT2D eigenvalue weighted by Crippen LogP contribution is 2.28. The van der Waals surface area contributed by atoms with Crippen LogP contribution in [0.5, 0.6) is 0 Å². The topological polar surface area (TPSA) is 116 Å². The van der Waals surface area contributed by atoms with Gasteiger partial charge in [-0.25, -0.2) is 4.79 Å². The van der Waals surface area contributed by atoms with Gasteiger partial charge in [0.2, 0.25) is 11.5 Å². The number of likely N-dealkylation sites (tertiary alicyclic amines) is 2. The Labute approximate surface area is 284 Å². The molecule has 0 spiro atoms. The lowest BCUT2D eigenvalue weighted by atomic mass is 9.93. The molecule has 2 saturated heterocycles. The van der Waals surface area contributed by atoms with Gasteiger partial charge in [-0.1, -0.05) is 60.6 Å². The zero-order valence-corrected chi connectivity index (χ0v) is 31.1. The van der Waals surface area contributed by atoms with Gasteiger partial charge < -0.3 is 25.2 Å². The maximum absolute atomic E-state index is 13.2. The first-order chi connectivity index (χ1) is 22.8. The molecule has 2 aliphatic heterocycles. The van der Waals surface area contributed by atoms with Gasteiger partial charge in [0, 0.05) is 57.5 Å². The van der Waals surface area contributed by atoms with Gasteiger partial charge in [0.25, 0.3) is 0 Å². The summed E-state index contributed by atoms with van der Waals surface area (Å²) in [6.45, 7) is 21.2. The van der Waals surface area contributed by atoms with E-state index >= 15 is 0 Å². The Balaban J connectivity index is 0.00000143. The molecule has 2 aromatic heterocycles. The van der Waals surface area contributed by atoms with Crippen LogP contribution in [0.3, 0.4) is 0 Å². The van der Waals surface area contributed by atoms with Crippen molar-refractivity contribution in [3.05, 3.63) is 69.0 Å². The summed E-state index contributed by atoms with van der Waals surface area (Å²) in [6.07, 6.45) is 5.95. The lowest BCUT2D eigenvalue weighted by Gasteiger charge is -2.37. The molecule has 0 atom stereocenters. The van der Waals surface area contributed by atoms with Crippen LogP contribution in [0.4, 0.5) is 0 Å². The van der Waals surface area contributed by atoms with Gasteiger partial charge in [0.1, 0.15) is 0 Å². The molecule has 3 aromatic rings. The van der Waals surface area contributed by atoms with Crippen molar-refractivity contribution in [2.24, 2.45) is 13.0 Å². The summed E-state index contributed by atoms with van der Waals surface area (Å²) in [7, 11) is 3.76.